The molecule has 2 aromatic carbocycles. The zero-order valence-corrected chi connectivity index (χ0v) is 15.6. The molecule has 3 rings (SSSR count). The summed E-state index contributed by atoms with van der Waals surface area (Å²) in [5.41, 5.74) is 2.03. The van der Waals surface area contributed by atoms with E-state index in [0.29, 0.717) is 29.3 Å². The molecule has 0 heterocycles. The van der Waals surface area contributed by atoms with Gasteiger partial charge in [-0.3, -0.25) is 4.79 Å². The second-order valence-electron chi connectivity index (χ2n) is 6.85. The summed E-state index contributed by atoms with van der Waals surface area (Å²) in [6.07, 6.45) is 2.57. The maximum Gasteiger partial charge on any atom is 0.308 e. The summed E-state index contributed by atoms with van der Waals surface area (Å²) in [5, 5.41) is 14.4. The Kier molecular flexibility index (Phi) is 6.30. The van der Waals surface area contributed by atoms with Gasteiger partial charge in [-0.2, -0.15) is 0 Å². The van der Waals surface area contributed by atoms with Crippen LogP contribution in [0.25, 0.3) is 0 Å². The van der Waals surface area contributed by atoms with Crippen molar-refractivity contribution in [1.29, 1.82) is 0 Å². The molecular weight excluding hydrogens is 350 g/mol. The molecule has 0 radical (unpaired) electrons. The second-order valence-corrected chi connectivity index (χ2v) is 7.29. The summed E-state index contributed by atoms with van der Waals surface area (Å²) < 4.78 is 5.18. The number of benzene rings is 2. The van der Waals surface area contributed by atoms with Gasteiger partial charge in [-0.05, 0) is 60.6 Å². The van der Waals surface area contributed by atoms with Crippen molar-refractivity contribution in [1.82, 2.24) is 5.32 Å². The Bertz CT molecular complexity index is 764. The normalized spacial score (nSPS) is 20.7. The summed E-state index contributed by atoms with van der Waals surface area (Å²) in [7, 11) is 0. The third-order valence-electron chi connectivity index (χ3n) is 4.86. The summed E-state index contributed by atoms with van der Waals surface area (Å²) >= 11 is 5.98. The number of halogens is 1. The van der Waals surface area contributed by atoms with Crippen LogP contribution in [0.15, 0.2) is 48.5 Å². The molecule has 0 saturated heterocycles. The van der Waals surface area contributed by atoms with Gasteiger partial charge in [-0.25, -0.2) is 0 Å². The molecule has 3 unspecified atom stereocenters. The number of nitrogens with one attached hydrogen (secondary N) is 1. The van der Waals surface area contributed by atoms with Gasteiger partial charge in [0.25, 0.3) is 0 Å². The predicted molar refractivity (Wildman–Crippen MR) is 103 cm³/mol. The fourth-order valence-electron chi connectivity index (χ4n) is 3.58. The number of carbonyl (C=O) groups is 1. The highest BCUT2D eigenvalue weighted by atomic mass is 35.5. The van der Waals surface area contributed by atoms with Gasteiger partial charge in [0.1, 0.15) is 5.75 Å². The van der Waals surface area contributed by atoms with Crippen LogP contribution in [0.2, 0.25) is 5.02 Å². The number of hydrogen-bond acceptors (Lipinski definition) is 4. The molecule has 0 bridgehead atoms. The highest BCUT2D eigenvalue weighted by Gasteiger charge is 2.26. The fraction of sp³-hybridized carbons (Fsp3) is 0.381. The first-order chi connectivity index (χ1) is 12.5. The van der Waals surface area contributed by atoms with E-state index in [0.717, 1.165) is 24.8 Å². The van der Waals surface area contributed by atoms with E-state index >= 15 is 0 Å². The van der Waals surface area contributed by atoms with E-state index in [1.165, 1.54) is 12.5 Å². The Balaban J connectivity index is 1.53. The molecule has 5 heteroatoms. The molecule has 0 spiro atoms. The average molecular weight is 374 g/mol. The number of rotatable bonds is 6. The first-order valence-electron chi connectivity index (χ1n) is 8.96. The van der Waals surface area contributed by atoms with E-state index < -0.39 is 6.10 Å². The topological polar surface area (TPSA) is 58.6 Å². The van der Waals surface area contributed by atoms with Crippen molar-refractivity contribution >= 4 is 17.6 Å². The molecule has 2 N–H and O–H groups in total. The molecule has 1 aliphatic carbocycles. The maximum atomic E-state index is 11.1. The summed E-state index contributed by atoms with van der Waals surface area (Å²) in [5.74, 6) is 0.734. The number of aliphatic hydroxyl groups excluding tert-OH is 1. The number of aliphatic hydroxyl groups is 1. The van der Waals surface area contributed by atoms with Crippen LogP contribution in [0.4, 0.5) is 0 Å². The molecule has 26 heavy (non-hydrogen) atoms. The SMILES string of the molecule is CC(=O)Oc1cccc(C2CCC(NCC(O)c3cccc(Cl)c3)C2)c1. The van der Waals surface area contributed by atoms with Crippen LogP contribution in [-0.4, -0.2) is 23.7 Å². The number of hydrogen-bond donors (Lipinski definition) is 2. The summed E-state index contributed by atoms with van der Waals surface area (Å²) in [6.45, 7) is 1.92. The first-order valence-corrected chi connectivity index (χ1v) is 9.34. The minimum atomic E-state index is -0.569. The van der Waals surface area contributed by atoms with Crippen molar-refractivity contribution in [2.24, 2.45) is 0 Å². The van der Waals surface area contributed by atoms with Gasteiger partial charge >= 0.3 is 5.97 Å². The molecular formula is C21H24ClNO3. The molecule has 0 aromatic heterocycles. The first kappa shape index (κ1) is 18.9. The van der Waals surface area contributed by atoms with Crippen molar-refractivity contribution in [3.8, 4) is 5.75 Å². The van der Waals surface area contributed by atoms with Gasteiger partial charge in [0.15, 0.2) is 0 Å². The highest BCUT2D eigenvalue weighted by Crippen LogP contribution is 2.36. The monoisotopic (exact) mass is 373 g/mol. The zero-order chi connectivity index (χ0) is 18.5. The van der Waals surface area contributed by atoms with Gasteiger partial charge in [0, 0.05) is 24.5 Å². The average Bonchev–Trinajstić information content (AvgIpc) is 3.08. The number of esters is 1. The van der Waals surface area contributed by atoms with E-state index in [4.69, 9.17) is 16.3 Å². The van der Waals surface area contributed by atoms with E-state index in [2.05, 4.69) is 11.4 Å². The molecule has 1 saturated carbocycles. The minimum Gasteiger partial charge on any atom is -0.427 e. The second kappa shape index (κ2) is 8.67. The van der Waals surface area contributed by atoms with E-state index in [9.17, 15) is 9.90 Å². The lowest BCUT2D eigenvalue weighted by Crippen LogP contribution is -2.30. The third-order valence-corrected chi connectivity index (χ3v) is 5.09. The Morgan fingerprint density at radius 1 is 1.27 bits per heavy atom. The standard InChI is InChI=1S/C21H24ClNO3/c1-14(24)26-20-7-3-4-15(12-20)16-8-9-19(11-16)23-13-21(25)17-5-2-6-18(22)10-17/h2-7,10,12,16,19,21,23,25H,8-9,11,13H2,1H3. The fourth-order valence-corrected chi connectivity index (χ4v) is 3.78. The van der Waals surface area contributed by atoms with Crippen LogP contribution in [-0.2, 0) is 4.79 Å². The Morgan fingerprint density at radius 3 is 2.85 bits per heavy atom. The lowest BCUT2D eigenvalue weighted by molar-refractivity contribution is -0.131. The molecule has 1 fully saturated rings. The lowest BCUT2D eigenvalue weighted by atomic mass is 9.97. The molecule has 2 aromatic rings. The Hall–Kier alpha value is -1.88. The van der Waals surface area contributed by atoms with Crippen molar-refractivity contribution in [3.63, 3.8) is 0 Å². The van der Waals surface area contributed by atoms with Crippen LogP contribution in [0.1, 0.15) is 49.3 Å². The lowest BCUT2D eigenvalue weighted by Gasteiger charge is -2.17. The van der Waals surface area contributed by atoms with Gasteiger partial charge in [-0.15, -0.1) is 0 Å². The van der Waals surface area contributed by atoms with E-state index in [1.807, 2.05) is 24.3 Å². The minimum absolute atomic E-state index is 0.303. The molecule has 0 aliphatic heterocycles. The van der Waals surface area contributed by atoms with Crippen molar-refractivity contribution in [3.05, 3.63) is 64.7 Å². The molecule has 138 valence electrons. The largest absolute Gasteiger partial charge is 0.427 e. The van der Waals surface area contributed by atoms with Gasteiger partial charge in [0.2, 0.25) is 0 Å². The maximum absolute atomic E-state index is 11.1. The van der Waals surface area contributed by atoms with Gasteiger partial charge in [-0.1, -0.05) is 35.9 Å². The smallest absolute Gasteiger partial charge is 0.308 e. The zero-order valence-electron chi connectivity index (χ0n) is 14.8. The molecule has 0 amide bonds. The highest BCUT2D eigenvalue weighted by molar-refractivity contribution is 6.30. The third kappa shape index (κ3) is 5.07. The quantitative estimate of drug-likeness (QED) is 0.587. The van der Waals surface area contributed by atoms with Gasteiger partial charge in [0.05, 0.1) is 6.10 Å². The van der Waals surface area contributed by atoms with Crippen LogP contribution in [0, 0.1) is 0 Å². The summed E-state index contributed by atoms with van der Waals surface area (Å²) in [4.78, 5) is 11.1. The Morgan fingerprint density at radius 2 is 2.08 bits per heavy atom. The molecule has 1 aliphatic rings. The Labute approximate surface area is 159 Å². The van der Waals surface area contributed by atoms with Crippen LogP contribution in [0.5, 0.6) is 5.75 Å². The van der Waals surface area contributed by atoms with Crippen LogP contribution >= 0.6 is 11.6 Å². The molecule has 3 atom stereocenters. The predicted octanol–water partition coefficient (Wildman–Crippen LogP) is 4.22. The van der Waals surface area contributed by atoms with Crippen molar-refractivity contribution < 1.29 is 14.6 Å². The van der Waals surface area contributed by atoms with Crippen LogP contribution < -0.4 is 10.1 Å². The number of carbonyl (C=O) groups excluding carboxylic acids is 1. The molecule has 4 nitrogen and oxygen atoms in total. The number of ether oxygens (including phenoxy) is 1. The van der Waals surface area contributed by atoms with Crippen LogP contribution in [0.3, 0.4) is 0 Å². The van der Waals surface area contributed by atoms with Crippen molar-refractivity contribution in [2.45, 2.75) is 44.2 Å². The van der Waals surface area contributed by atoms with Gasteiger partial charge < -0.3 is 15.2 Å². The van der Waals surface area contributed by atoms with E-state index in [1.54, 1.807) is 18.2 Å². The van der Waals surface area contributed by atoms with Crippen molar-refractivity contribution in [2.75, 3.05) is 6.54 Å². The van der Waals surface area contributed by atoms with E-state index in [-0.39, 0.29) is 5.97 Å². The summed E-state index contributed by atoms with van der Waals surface area (Å²) in [6, 6.07) is 15.5.